The SMILES string of the molecule is COc1cc(OC)c2c(c1Cl)O[C@@]1(C(=O)C3=C(C[C@H]1C)Nc1c(c(=O)n(C)c(=O)n1C)[C@@H]3c1ccc(-c3ccc(F)cc3)o1)C2=O. The first kappa shape index (κ1) is 29.6. The second kappa shape index (κ2) is 10.2. The number of furan rings is 1. The van der Waals surface area contributed by atoms with Gasteiger partial charge < -0.3 is 23.9 Å². The van der Waals surface area contributed by atoms with Crippen LogP contribution in [0.3, 0.4) is 0 Å². The van der Waals surface area contributed by atoms with Gasteiger partial charge in [0.05, 0.1) is 25.7 Å². The molecular weight excluding hydrogens is 621 g/mol. The summed E-state index contributed by atoms with van der Waals surface area (Å²) < 4.78 is 39.3. The fourth-order valence-corrected chi connectivity index (χ4v) is 7.02. The van der Waals surface area contributed by atoms with E-state index in [0.717, 1.165) is 4.57 Å². The number of hydrogen-bond acceptors (Lipinski definition) is 9. The number of nitrogens with zero attached hydrogens (tertiary/aromatic N) is 2. The fourth-order valence-electron chi connectivity index (χ4n) is 6.75. The minimum Gasteiger partial charge on any atom is -0.496 e. The van der Waals surface area contributed by atoms with Crippen LogP contribution in [0.1, 0.15) is 40.9 Å². The number of rotatable bonds is 4. The van der Waals surface area contributed by atoms with Crippen LogP contribution < -0.4 is 30.8 Å². The molecule has 11 nitrogen and oxygen atoms in total. The van der Waals surface area contributed by atoms with Crippen molar-refractivity contribution in [1.29, 1.82) is 0 Å². The lowest BCUT2D eigenvalue weighted by atomic mass is 9.66. The molecule has 236 valence electrons. The number of carbonyl (C=O) groups is 2. The van der Waals surface area contributed by atoms with Crippen LogP contribution in [0.25, 0.3) is 11.3 Å². The lowest BCUT2D eigenvalue weighted by Gasteiger charge is -2.42. The summed E-state index contributed by atoms with van der Waals surface area (Å²) in [6, 6.07) is 10.4. The number of anilines is 1. The highest BCUT2D eigenvalue weighted by Gasteiger charge is 2.64. The minimum atomic E-state index is -2.06. The molecule has 3 atom stereocenters. The van der Waals surface area contributed by atoms with Crippen LogP contribution in [0.15, 0.2) is 67.7 Å². The number of Topliss-reactive ketones (excluding diaryl/α,β-unsaturated/α-hetero) is 2. The summed E-state index contributed by atoms with van der Waals surface area (Å²) in [6.45, 7) is 1.71. The van der Waals surface area contributed by atoms with Crippen LogP contribution >= 0.6 is 11.6 Å². The van der Waals surface area contributed by atoms with Crippen molar-refractivity contribution in [1.82, 2.24) is 9.13 Å². The summed E-state index contributed by atoms with van der Waals surface area (Å²) in [7, 11) is 5.63. The molecule has 0 amide bonds. The lowest BCUT2D eigenvalue weighted by molar-refractivity contribution is -0.130. The van der Waals surface area contributed by atoms with Crippen LogP contribution in [0.4, 0.5) is 10.2 Å². The van der Waals surface area contributed by atoms with E-state index in [-0.39, 0.29) is 57.0 Å². The Morgan fingerprint density at radius 1 is 0.978 bits per heavy atom. The van der Waals surface area contributed by atoms with Gasteiger partial charge in [-0.3, -0.25) is 23.5 Å². The highest BCUT2D eigenvalue weighted by Crippen LogP contribution is 2.56. The van der Waals surface area contributed by atoms with Crippen LogP contribution in [-0.2, 0) is 18.9 Å². The fraction of sp³-hybridized carbons (Fsp3) is 0.273. The summed E-state index contributed by atoms with van der Waals surface area (Å²) in [4.78, 5) is 56.2. The van der Waals surface area contributed by atoms with Gasteiger partial charge in [0.1, 0.15) is 45.2 Å². The quantitative estimate of drug-likeness (QED) is 0.316. The van der Waals surface area contributed by atoms with E-state index in [4.69, 9.17) is 30.2 Å². The van der Waals surface area contributed by atoms with Gasteiger partial charge >= 0.3 is 5.69 Å². The molecule has 46 heavy (non-hydrogen) atoms. The second-order valence-electron chi connectivity index (χ2n) is 11.5. The number of halogens is 2. The molecule has 2 aromatic carbocycles. The Morgan fingerprint density at radius 3 is 2.35 bits per heavy atom. The molecule has 1 aliphatic carbocycles. The molecule has 7 rings (SSSR count). The average Bonchev–Trinajstić information content (AvgIpc) is 3.66. The standard InChI is InChI=1S/C33H27ClFN3O8/c1-14-12-17-22(28(39)33(14)29(40)24-20(43-4)13-21(44-5)26(34)27(24)46-33)23(25-30(36-17)37(2)32(42)38(3)31(25)41)19-11-10-18(45-19)15-6-8-16(35)9-7-15/h6-11,13-14,23,36H,12H2,1-5H3/t14-,23-,33+/m1/s1. The first-order chi connectivity index (χ1) is 21.9. The Hall–Kier alpha value is -5.10. The lowest BCUT2D eigenvalue weighted by Crippen LogP contribution is -2.58. The highest BCUT2D eigenvalue weighted by molar-refractivity contribution is 6.36. The molecule has 3 aliphatic rings. The Kier molecular flexibility index (Phi) is 6.57. The average molecular weight is 648 g/mol. The number of hydrogen-bond donors (Lipinski definition) is 1. The van der Waals surface area contributed by atoms with Crippen molar-refractivity contribution in [2.45, 2.75) is 24.9 Å². The smallest absolute Gasteiger partial charge is 0.332 e. The van der Waals surface area contributed by atoms with Gasteiger partial charge in [-0.25, -0.2) is 9.18 Å². The van der Waals surface area contributed by atoms with E-state index in [9.17, 15) is 23.6 Å². The van der Waals surface area contributed by atoms with E-state index in [1.54, 1.807) is 19.1 Å². The van der Waals surface area contributed by atoms with Gasteiger partial charge in [-0.05, 0) is 42.8 Å². The number of ether oxygens (including phenoxy) is 3. The van der Waals surface area contributed by atoms with E-state index < -0.39 is 46.1 Å². The number of fused-ring (bicyclic) bond motifs is 2. The predicted molar refractivity (Wildman–Crippen MR) is 165 cm³/mol. The van der Waals surface area contributed by atoms with E-state index in [1.165, 1.54) is 63.2 Å². The molecule has 0 bridgehead atoms. The van der Waals surface area contributed by atoms with E-state index >= 15 is 0 Å². The van der Waals surface area contributed by atoms with E-state index in [1.807, 2.05) is 0 Å². The highest BCUT2D eigenvalue weighted by atomic mass is 35.5. The molecule has 1 N–H and O–H groups in total. The molecule has 0 saturated heterocycles. The van der Waals surface area contributed by atoms with Crippen molar-refractivity contribution >= 4 is 29.0 Å². The summed E-state index contributed by atoms with van der Waals surface area (Å²) in [5, 5.41) is 3.17. The van der Waals surface area contributed by atoms with Gasteiger partial charge in [-0.15, -0.1) is 0 Å². The van der Waals surface area contributed by atoms with Crippen molar-refractivity contribution in [3.05, 3.63) is 102 Å². The number of ketones is 2. The van der Waals surface area contributed by atoms with Crippen molar-refractivity contribution in [2.24, 2.45) is 20.0 Å². The van der Waals surface area contributed by atoms with Gasteiger partial charge in [0.25, 0.3) is 5.56 Å². The Balaban J connectivity index is 1.45. The van der Waals surface area contributed by atoms with Crippen molar-refractivity contribution in [3.8, 4) is 28.6 Å². The molecule has 0 radical (unpaired) electrons. The minimum absolute atomic E-state index is 0.00538. The Labute approximate surface area is 265 Å². The van der Waals surface area contributed by atoms with Gasteiger partial charge in [-0.1, -0.05) is 18.5 Å². The predicted octanol–water partition coefficient (Wildman–Crippen LogP) is 4.59. The third-order valence-electron chi connectivity index (χ3n) is 9.12. The summed E-state index contributed by atoms with van der Waals surface area (Å²) in [6.07, 6.45) is 0.128. The molecule has 13 heteroatoms. The molecule has 4 heterocycles. The normalized spacial score (nSPS) is 21.5. The largest absolute Gasteiger partial charge is 0.496 e. The number of carbonyl (C=O) groups excluding carboxylic acids is 2. The zero-order valence-electron chi connectivity index (χ0n) is 25.3. The summed E-state index contributed by atoms with van der Waals surface area (Å²) in [5.41, 5.74) is -2.16. The van der Waals surface area contributed by atoms with Crippen molar-refractivity contribution in [2.75, 3.05) is 19.5 Å². The second-order valence-corrected chi connectivity index (χ2v) is 11.9. The van der Waals surface area contributed by atoms with Crippen LogP contribution in [0.5, 0.6) is 17.2 Å². The molecule has 2 aliphatic heterocycles. The first-order valence-electron chi connectivity index (χ1n) is 14.3. The topological polar surface area (TPSA) is 131 Å². The van der Waals surface area contributed by atoms with Gasteiger partial charge in [0, 0.05) is 42.9 Å². The van der Waals surface area contributed by atoms with E-state index in [0.29, 0.717) is 17.0 Å². The summed E-state index contributed by atoms with van der Waals surface area (Å²) in [5.74, 6) is -2.60. The molecular formula is C33H27ClFN3O8. The third-order valence-corrected chi connectivity index (χ3v) is 9.47. The van der Waals surface area contributed by atoms with E-state index in [2.05, 4.69) is 5.32 Å². The zero-order valence-corrected chi connectivity index (χ0v) is 26.1. The van der Waals surface area contributed by atoms with Crippen LogP contribution in [0, 0.1) is 11.7 Å². The first-order valence-corrected chi connectivity index (χ1v) is 14.7. The van der Waals surface area contributed by atoms with Crippen molar-refractivity contribution < 1.29 is 32.6 Å². The number of nitrogens with one attached hydrogen (secondary N) is 1. The maximum atomic E-state index is 15.0. The monoisotopic (exact) mass is 647 g/mol. The molecule has 4 aromatic rings. The van der Waals surface area contributed by atoms with Gasteiger partial charge in [0.2, 0.25) is 17.2 Å². The maximum absolute atomic E-state index is 15.0. The zero-order chi connectivity index (χ0) is 32.8. The molecule has 0 fully saturated rings. The van der Waals surface area contributed by atoms with Gasteiger partial charge in [-0.2, -0.15) is 0 Å². The third kappa shape index (κ3) is 3.82. The number of methoxy groups -OCH3 is 2. The maximum Gasteiger partial charge on any atom is 0.332 e. The van der Waals surface area contributed by atoms with Gasteiger partial charge in [0.15, 0.2) is 5.75 Å². The Morgan fingerprint density at radius 2 is 1.67 bits per heavy atom. The van der Waals surface area contributed by atoms with Crippen LogP contribution in [0.2, 0.25) is 5.02 Å². The van der Waals surface area contributed by atoms with Crippen LogP contribution in [-0.4, -0.2) is 40.5 Å². The van der Waals surface area contributed by atoms with Crippen molar-refractivity contribution in [3.63, 3.8) is 0 Å². The molecule has 0 saturated carbocycles. The number of allylic oxidation sites excluding steroid dienone is 1. The molecule has 1 spiro atoms. The Bertz CT molecular complexity index is 2160. The number of aromatic nitrogens is 2. The summed E-state index contributed by atoms with van der Waals surface area (Å²) >= 11 is 6.61. The molecule has 0 unspecified atom stereocenters. The number of benzene rings is 2. The molecule has 2 aromatic heterocycles.